The maximum absolute atomic E-state index is 11.7. The van der Waals surface area contributed by atoms with E-state index >= 15 is 0 Å². The Labute approximate surface area is 287 Å². The summed E-state index contributed by atoms with van der Waals surface area (Å²) in [6.07, 6.45) is 0. The Hall–Kier alpha value is -3.89. The van der Waals surface area contributed by atoms with E-state index in [1.165, 1.54) is 10.3 Å². The molecule has 1 N–H and O–H groups in total. The number of hydrogen-bond acceptors (Lipinski definition) is 7. The molecule has 5 aromatic rings. The number of amides is 1. The van der Waals surface area contributed by atoms with Crippen LogP contribution in [0.15, 0.2) is 89.4 Å². The summed E-state index contributed by atoms with van der Waals surface area (Å²) in [4.78, 5) is 17.8. The van der Waals surface area contributed by atoms with Gasteiger partial charge < -0.3 is 19.5 Å². The summed E-state index contributed by atoms with van der Waals surface area (Å²) in [7, 11) is 0. The molecule has 1 amide bonds. The molecule has 1 aromatic heterocycles. The molecule has 0 unspecified atom stereocenters. The molecule has 2 saturated heterocycles. The lowest BCUT2D eigenvalue weighted by atomic mass is 9.73. The molecule has 9 heteroatoms. The van der Waals surface area contributed by atoms with Gasteiger partial charge in [-0.3, -0.25) is 14.6 Å². The van der Waals surface area contributed by atoms with Crippen LogP contribution >= 0.6 is 27.3 Å². The number of thiophene rings is 1. The SMILES string of the molecule is Cc1ccc2c(Oc3ccc(OCCN4CC5(C4)CN(CCOc4ccc6c(c4)CNC6=O)C5)cc3)c(-c3ccc(Br)cc3)sc2c1. The second kappa shape index (κ2) is 12.6. The van der Waals surface area contributed by atoms with Crippen LogP contribution in [0, 0.1) is 12.3 Å². The van der Waals surface area contributed by atoms with Crippen molar-refractivity contribution in [1.29, 1.82) is 0 Å². The Bertz CT molecular complexity index is 1930. The van der Waals surface area contributed by atoms with E-state index < -0.39 is 0 Å². The molecule has 8 rings (SSSR count). The first-order valence-electron chi connectivity index (χ1n) is 16.1. The zero-order valence-electron chi connectivity index (χ0n) is 26.3. The van der Waals surface area contributed by atoms with E-state index in [0.29, 0.717) is 25.2 Å². The normalized spacial score (nSPS) is 16.9. The molecule has 1 spiro atoms. The number of fused-ring (bicyclic) bond motifs is 2. The number of ether oxygens (including phenoxy) is 3. The van der Waals surface area contributed by atoms with Crippen molar-refractivity contribution >= 4 is 43.3 Å². The van der Waals surface area contributed by atoms with Gasteiger partial charge in [0.25, 0.3) is 5.91 Å². The van der Waals surface area contributed by atoms with Crippen molar-refractivity contribution in [1.82, 2.24) is 15.1 Å². The molecule has 0 saturated carbocycles. The first-order valence-corrected chi connectivity index (χ1v) is 17.7. The van der Waals surface area contributed by atoms with Crippen molar-refractivity contribution in [2.75, 3.05) is 52.5 Å². The van der Waals surface area contributed by atoms with Crippen LogP contribution in [0.3, 0.4) is 0 Å². The number of aryl methyl sites for hydroxylation is 1. The lowest BCUT2D eigenvalue weighted by Crippen LogP contribution is -2.72. The number of benzene rings is 4. The lowest BCUT2D eigenvalue weighted by molar-refractivity contribution is -0.118. The third-order valence-corrected chi connectivity index (χ3v) is 11.0. The van der Waals surface area contributed by atoms with E-state index in [0.717, 1.165) is 93.7 Å². The van der Waals surface area contributed by atoms with Gasteiger partial charge in [0.1, 0.15) is 30.5 Å². The van der Waals surface area contributed by atoms with Crippen LogP contribution in [0.2, 0.25) is 0 Å². The largest absolute Gasteiger partial charge is 0.492 e. The van der Waals surface area contributed by atoms with Crippen molar-refractivity contribution in [2.45, 2.75) is 13.5 Å². The Morgan fingerprint density at radius 2 is 1.47 bits per heavy atom. The first-order chi connectivity index (χ1) is 22.9. The highest BCUT2D eigenvalue weighted by atomic mass is 79.9. The monoisotopic (exact) mass is 709 g/mol. The Kier molecular flexibility index (Phi) is 8.17. The summed E-state index contributed by atoms with van der Waals surface area (Å²) in [6, 6.07) is 28.6. The summed E-state index contributed by atoms with van der Waals surface area (Å²) in [6.45, 7) is 10.4. The van der Waals surface area contributed by atoms with Gasteiger partial charge in [-0.05, 0) is 90.3 Å². The van der Waals surface area contributed by atoms with Crippen molar-refractivity contribution in [3.05, 3.63) is 106 Å². The summed E-state index contributed by atoms with van der Waals surface area (Å²) < 4.78 is 20.9. The molecule has 3 aliphatic heterocycles. The highest BCUT2D eigenvalue weighted by Gasteiger charge is 2.50. The number of hydrogen-bond donors (Lipinski definition) is 1. The fraction of sp³-hybridized carbons (Fsp3) is 0.289. The molecule has 3 aliphatic rings. The number of likely N-dealkylation sites (tertiary alicyclic amines) is 2. The highest BCUT2D eigenvalue weighted by Crippen LogP contribution is 2.47. The fourth-order valence-electron chi connectivity index (χ4n) is 7.00. The molecule has 2 fully saturated rings. The maximum atomic E-state index is 11.7. The lowest BCUT2D eigenvalue weighted by Gasteiger charge is -2.60. The topological polar surface area (TPSA) is 63.3 Å². The molecule has 7 nitrogen and oxygen atoms in total. The van der Waals surface area contributed by atoms with E-state index in [2.05, 4.69) is 80.4 Å². The van der Waals surface area contributed by atoms with Crippen LogP contribution in [0.25, 0.3) is 20.5 Å². The average Bonchev–Trinajstić information content (AvgIpc) is 3.58. The first kappa shape index (κ1) is 30.4. The Morgan fingerprint density at radius 1 is 0.809 bits per heavy atom. The van der Waals surface area contributed by atoms with Crippen LogP contribution in [0.1, 0.15) is 21.5 Å². The minimum absolute atomic E-state index is 0.00344. The van der Waals surface area contributed by atoms with Gasteiger partial charge >= 0.3 is 0 Å². The quantitative estimate of drug-likeness (QED) is 0.151. The van der Waals surface area contributed by atoms with Crippen LogP contribution in [0.4, 0.5) is 0 Å². The molecule has 4 aromatic carbocycles. The molecule has 240 valence electrons. The molecule has 0 bridgehead atoms. The second-order valence-electron chi connectivity index (χ2n) is 13.0. The summed E-state index contributed by atoms with van der Waals surface area (Å²) >= 11 is 5.32. The zero-order chi connectivity index (χ0) is 32.0. The van der Waals surface area contributed by atoms with Crippen LogP contribution in [0.5, 0.6) is 23.0 Å². The van der Waals surface area contributed by atoms with E-state index in [1.807, 2.05) is 42.5 Å². The maximum Gasteiger partial charge on any atom is 0.251 e. The number of carbonyl (C=O) groups excluding carboxylic acids is 1. The second-order valence-corrected chi connectivity index (χ2v) is 14.9. The summed E-state index contributed by atoms with van der Waals surface area (Å²) in [5.41, 5.74) is 4.59. The molecule has 0 aliphatic carbocycles. The minimum Gasteiger partial charge on any atom is -0.492 e. The third-order valence-electron chi connectivity index (χ3n) is 9.30. The van der Waals surface area contributed by atoms with Crippen molar-refractivity contribution in [3.63, 3.8) is 0 Å². The van der Waals surface area contributed by atoms with Gasteiger partial charge in [0, 0.05) is 71.4 Å². The van der Waals surface area contributed by atoms with Gasteiger partial charge in [-0.15, -0.1) is 11.3 Å². The van der Waals surface area contributed by atoms with E-state index in [1.54, 1.807) is 11.3 Å². The predicted molar refractivity (Wildman–Crippen MR) is 190 cm³/mol. The van der Waals surface area contributed by atoms with E-state index in [9.17, 15) is 4.79 Å². The van der Waals surface area contributed by atoms with Crippen molar-refractivity contribution < 1.29 is 19.0 Å². The standard InChI is InChI=1S/C38H36BrN3O4S/c1-25-2-12-33-34(18-25)47-36(26-3-5-28(39)6-4-26)35(33)46-30-9-7-29(8-10-30)44-16-14-41-21-38(22-41)23-42(24-38)15-17-45-31-11-13-32-27(19-31)20-40-37(32)43/h2-13,18-19H,14-17,20-24H2,1H3,(H,40,43). The number of nitrogens with zero attached hydrogens (tertiary/aromatic N) is 2. The van der Waals surface area contributed by atoms with Crippen LogP contribution in [-0.2, 0) is 6.54 Å². The van der Waals surface area contributed by atoms with Crippen molar-refractivity contribution in [3.8, 4) is 33.4 Å². The number of rotatable bonds is 11. The van der Waals surface area contributed by atoms with Gasteiger partial charge in [-0.2, -0.15) is 0 Å². The molecular formula is C38H36BrN3O4S. The molecule has 0 radical (unpaired) electrons. The molecule has 47 heavy (non-hydrogen) atoms. The van der Waals surface area contributed by atoms with E-state index in [-0.39, 0.29) is 5.91 Å². The Morgan fingerprint density at radius 3 is 2.19 bits per heavy atom. The van der Waals surface area contributed by atoms with Gasteiger partial charge in [0.05, 0.1) is 4.88 Å². The zero-order valence-corrected chi connectivity index (χ0v) is 28.7. The smallest absolute Gasteiger partial charge is 0.251 e. The van der Waals surface area contributed by atoms with Gasteiger partial charge in [0.15, 0.2) is 5.75 Å². The van der Waals surface area contributed by atoms with Gasteiger partial charge in [-0.25, -0.2) is 0 Å². The molecular weight excluding hydrogens is 674 g/mol. The average molecular weight is 711 g/mol. The van der Waals surface area contributed by atoms with E-state index in [4.69, 9.17) is 14.2 Å². The van der Waals surface area contributed by atoms with Gasteiger partial charge in [-0.1, -0.05) is 34.1 Å². The third kappa shape index (κ3) is 6.37. The highest BCUT2D eigenvalue weighted by molar-refractivity contribution is 9.10. The number of carbonyl (C=O) groups is 1. The fourth-order valence-corrected chi connectivity index (χ4v) is 8.50. The van der Waals surface area contributed by atoms with Crippen molar-refractivity contribution in [2.24, 2.45) is 5.41 Å². The predicted octanol–water partition coefficient (Wildman–Crippen LogP) is 7.75. The molecule has 0 atom stereocenters. The van der Waals surface area contributed by atoms with Crippen LogP contribution < -0.4 is 19.5 Å². The van der Waals surface area contributed by atoms with Gasteiger partial charge in [0.2, 0.25) is 0 Å². The number of halogens is 1. The summed E-state index contributed by atoms with van der Waals surface area (Å²) in [5, 5.41) is 3.98. The summed E-state index contributed by atoms with van der Waals surface area (Å²) in [5.74, 6) is 3.38. The number of nitrogens with one attached hydrogen (secondary N) is 1. The minimum atomic E-state index is 0.00344. The Balaban J connectivity index is 0.783. The molecule has 4 heterocycles. The van der Waals surface area contributed by atoms with Crippen LogP contribution in [-0.4, -0.2) is 68.2 Å².